The molecule has 0 bridgehead atoms. The zero-order chi connectivity index (χ0) is 19.2. The van der Waals surface area contributed by atoms with Crippen LogP contribution in [0.5, 0.6) is 0 Å². The van der Waals surface area contributed by atoms with E-state index in [1.54, 1.807) is 12.4 Å². The first-order valence-electron chi connectivity index (χ1n) is 9.75. The highest BCUT2D eigenvalue weighted by atomic mass is 16.5. The number of nitrogens with zero attached hydrogens (tertiary/aromatic N) is 4. The molecule has 2 amide bonds. The van der Waals surface area contributed by atoms with Gasteiger partial charge >= 0.3 is 0 Å². The summed E-state index contributed by atoms with van der Waals surface area (Å²) in [7, 11) is 1.94. The van der Waals surface area contributed by atoms with Crippen LogP contribution < -0.4 is 0 Å². The Hall–Kier alpha value is -1.99. The molecule has 0 aromatic carbocycles. The molecule has 27 heavy (non-hydrogen) atoms. The van der Waals surface area contributed by atoms with Crippen LogP contribution in [0.4, 0.5) is 0 Å². The molecule has 1 aromatic rings. The highest BCUT2D eigenvalue weighted by Gasteiger charge is 2.65. The van der Waals surface area contributed by atoms with E-state index in [2.05, 4.69) is 18.8 Å². The Bertz CT molecular complexity index is 725. The maximum absolute atomic E-state index is 13.0. The molecule has 4 rings (SSSR count). The van der Waals surface area contributed by atoms with Crippen molar-refractivity contribution in [1.29, 1.82) is 0 Å². The zero-order valence-corrected chi connectivity index (χ0v) is 16.3. The van der Waals surface area contributed by atoms with Gasteiger partial charge in [0, 0.05) is 31.9 Å². The first-order chi connectivity index (χ1) is 12.9. The van der Waals surface area contributed by atoms with E-state index in [4.69, 9.17) is 4.74 Å². The van der Waals surface area contributed by atoms with Gasteiger partial charge in [0.2, 0.25) is 11.8 Å². The van der Waals surface area contributed by atoms with Crippen molar-refractivity contribution in [3.05, 3.63) is 30.1 Å². The van der Waals surface area contributed by atoms with Gasteiger partial charge in [-0.05, 0) is 30.7 Å². The third kappa shape index (κ3) is 3.02. The molecule has 0 unspecified atom stereocenters. The smallest absolute Gasteiger partial charge is 0.237 e. The van der Waals surface area contributed by atoms with Crippen molar-refractivity contribution < 1.29 is 14.3 Å². The summed E-state index contributed by atoms with van der Waals surface area (Å²) in [6.07, 6.45) is 4.61. The number of amides is 2. The van der Waals surface area contributed by atoms with Gasteiger partial charge in [0.1, 0.15) is 0 Å². The van der Waals surface area contributed by atoms with E-state index in [1.807, 2.05) is 33.9 Å². The molecule has 7 heteroatoms. The van der Waals surface area contributed by atoms with Gasteiger partial charge in [0.25, 0.3) is 0 Å². The van der Waals surface area contributed by atoms with E-state index in [0.29, 0.717) is 45.0 Å². The van der Waals surface area contributed by atoms with Gasteiger partial charge < -0.3 is 14.5 Å². The lowest BCUT2D eigenvalue weighted by Gasteiger charge is -2.34. The van der Waals surface area contributed by atoms with Crippen LogP contribution in [0.15, 0.2) is 24.5 Å². The Morgan fingerprint density at radius 2 is 2.15 bits per heavy atom. The molecule has 146 valence electrons. The number of carbonyl (C=O) groups excluding carboxylic acids is 2. The van der Waals surface area contributed by atoms with Crippen LogP contribution in [0.3, 0.4) is 0 Å². The predicted octanol–water partition coefficient (Wildman–Crippen LogP) is 1.10. The van der Waals surface area contributed by atoms with E-state index in [0.717, 1.165) is 5.56 Å². The number of rotatable bonds is 5. The number of likely N-dealkylation sites (N-methyl/N-ethyl adjacent to an activating group) is 1. The maximum atomic E-state index is 13.0. The summed E-state index contributed by atoms with van der Waals surface area (Å²) in [4.78, 5) is 35.5. The second kappa shape index (κ2) is 6.87. The monoisotopic (exact) mass is 372 g/mol. The highest BCUT2D eigenvalue weighted by Crippen LogP contribution is 2.48. The Labute approximate surface area is 160 Å². The number of carbonyl (C=O) groups is 2. The summed E-state index contributed by atoms with van der Waals surface area (Å²) in [6, 6.07) is 3.87. The second-order valence-electron chi connectivity index (χ2n) is 8.32. The minimum Gasteiger partial charge on any atom is -0.351 e. The van der Waals surface area contributed by atoms with E-state index in [-0.39, 0.29) is 23.9 Å². The molecule has 3 atom stereocenters. The van der Waals surface area contributed by atoms with Crippen molar-refractivity contribution in [3.8, 4) is 0 Å². The average Bonchev–Trinajstić information content (AvgIpc) is 3.24. The molecule has 0 radical (unpaired) electrons. The Kier molecular flexibility index (Phi) is 4.68. The summed E-state index contributed by atoms with van der Waals surface area (Å²) >= 11 is 0. The molecule has 1 aromatic heterocycles. The number of pyridine rings is 1. The summed E-state index contributed by atoms with van der Waals surface area (Å²) in [6.45, 7) is 6.50. The standard InChI is InChI=1S/C20H28N4O3/c1-14(2)16-13-27-20-6-9-23(17(20)10-18(25)24(16)20)19(26)12-22(3)11-15-4-7-21-8-5-15/h4-5,7-8,14,16-17H,6,9-13H2,1-3H3/t16-,17+,20-/m0/s1. The summed E-state index contributed by atoms with van der Waals surface area (Å²) in [5.41, 5.74) is 0.532. The van der Waals surface area contributed by atoms with Crippen molar-refractivity contribution >= 4 is 11.8 Å². The molecule has 7 nitrogen and oxygen atoms in total. The lowest BCUT2D eigenvalue weighted by atomic mass is 10.0. The van der Waals surface area contributed by atoms with Crippen molar-refractivity contribution in [2.75, 3.05) is 26.7 Å². The minimum absolute atomic E-state index is 0.0691. The molecule has 4 heterocycles. The predicted molar refractivity (Wildman–Crippen MR) is 99.5 cm³/mol. The van der Waals surface area contributed by atoms with Crippen molar-refractivity contribution in [2.24, 2.45) is 5.92 Å². The molecular formula is C20H28N4O3. The van der Waals surface area contributed by atoms with Crippen molar-refractivity contribution in [1.82, 2.24) is 19.7 Å². The van der Waals surface area contributed by atoms with E-state index < -0.39 is 5.72 Å². The summed E-state index contributed by atoms with van der Waals surface area (Å²) < 4.78 is 6.20. The Balaban J connectivity index is 1.44. The molecule has 3 aliphatic heterocycles. The van der Waals surface area contributed by atoms with Crippen molar-refractivity contribution in [2.45, 2.75) is 51.0 Å². The molecule has 0 N–H and O–H groups in total. The van der Waals surface area contributed by atoms with E-state index in [1.165, 1.54) is 0 Å². The van der Waals surface area contributed by atoms with E-state index in [9.17, 15) is 9.59 Å². The zero-order valence-electron chi connectivity index (χ0n) is 16.3. The van der Waals surface area contributed by atoms with Gasteiger partial charge in [-0.25, -0.2) is 0 Å². The third-order valence-corrected chi connectivity index (χ3v) is 6.18. The van der Waals surface area contributed by atoms with Crippen LogP contribution in [0.2, 0.25) is 0 Å². The minimum atomic E-state index is -0.592. The van der Waals surface area contributed by atoms with Gasteiger partial charge in [-0.2, -0.15) is 0 Å². The van der Waals surface area contributed by atoms with Crippen LogP contribution >= 0.6 is 0 Å². The number of ether oxygens (including phenoxy) is 1. The first kappa shape index (κ1) is 18.4. The highest BCUT2D eigenvalue weighted by molar-refractivity contribution is 5.85. The molecule has 0 saturated carbocycles. The lowest BCUT2D eigenvalue weighted by Crippen LogP contribution is -2.52. The van der Waals surface area contributed by atoms with Crippen molar-refractivity contribution in [3.63, 3.8) is 0 Å². The fourth-order valence-corrected chi connectivity index (χ4v) is 4.85. The first-order valence-corrected chi connectivity index (χ1v) is 9.75. The second-order valence-corrected chi connectivity index (χ2v) is 8.32. The molecular weight excluding hydrogens is 344 g/mol. The van der Waals surface area contributed by atoms with Gasteiger partial charge in [0.15, 0.2) is 5.72 Å². The Morgan fingerprint density at radius 1 is 1.41 bits per heavy atom. The quantitative estimate of drug-likeness (QED) is 0.774. The maximum Gasteiger partial charge on any atom is 0.237 e. The molecule has 3 fully saturated rings. The topological polar surface area (TPSA) is 66.0 Å². The molecule has 3 saturated heterocycles. The van der Waals surface area contributed by atoms with Gasteiger partial charge in [-0.3, -0.25) is 19.5 Å². The van der Waals surface area contributed by atoms with Crippen LogP contribution in [0, 0.1) is 5.92 Å². The largest absolute Gasteiger partial charge is 0.351 e. The van der Waals surface area contributed by atoms with Crippen LogP contribution in [0.1, 0.15) is 32.3 Å². The van der Waals surface area contributed by atoms with Crippen LogP contribution in [-0.2, 0) is 20.9 Å². The molecule has 0 aliphatic carbocycles. The fraction of sp³-hybridized carbons (Fsp3) is 0.650. The lowest BCUT2D eigenvalue weighted by molar-refractivity contribution is -0.142. The Morgan fingerprint density at radius 3 is 2.85 bits per heavy atom. The number of aromatic nitrogens is 1. The van der Waals surface area contributed by atoms with Gasteiger partial charge in [0.05, 0.1) is 31.7 Å². The normalized spacial score (nSPS) is 29.7. The van der Waals surface area contributed by atoms with Crippen LogP contribution in [-0.4, -0.2) is 76.1 Å². The van der Waals surface area contributed by atoms with Gasteiger partial charge in [-0.15, -0.1) is 0 Å². The fourth-order valence-electron chi connectivity index (χ4n) is 4.85. The number of hydrogen-bond donors (Lipinski definition) is 0. The van der Waals surface area contributed by atoms with E-state index >= 15 is 0 Å². The average molecular weight is 372 g/mol. The summed E-state index contributed by atoms with van der Waals surface area (Å²) in [5, 5.41) is 0. The molecule has 1 spiro atoms. The number of hydrogen-bond acceptors (Lipinski definition) is 5. The molecule has 3 aliphatic rings. The van der Waals surface area contributed by atoms with Gasteiger partial charge in [-0.1, -0.05) is 13.8 Å². The third-order valence-electron chi connectivity index (χ3n) is 6.18. The SMILES string of the molecule is CC(C)[C@@H]1CO[C@@]23CCN(C(=O)CN(C)Cc4ccncc4)[C@@H]2CC(=O)N13. The van der Waals surface area contributed by atoms with Crippen LogP contribution in [0.25, 0.3) is 0 Å². The number of likely N-dealkylation sites (tertiary alicyclic amines) is 1. The summed E-state index contributed by atoms with van der Waals surface area (Å²) in [5.74, 6) is 0.543.